The second kappa shape index (κ2) is 10.8. The van der Waals surface area contributed by atoms with Crippen LogP contribution in [0.2, 0.25) is 0 Å². The average Bonchev–Trinajstić information content (AvgIpc) is 3.00. The van der Waals surface area contributed by atoms with Crippen molar-refractivity contribution < 1.29 is 28.8 Å². The lowest BCUT2D eigenvalue weighted by Gasteiger charge is -2.17. The lowest BCUT2D eigenvalue weighted by Crippen LogP contribution is -2.35. The number of aliphatic hydroxyl groups excluding tert-OH is 1. The van der Waals surface area contributed by atoms with Crippen molar-refractivity contribution in [1.82, 2.24) is 5.32 Å². The van der Waals surface area contributed by atoms with Crippen molar-refractivity contribution in [2.45, 2.75) is 64.6 Å². The quantitative estimate of drug-likeness (QED) is 0.555. The summed E-state index contributed by atoms with van der Waals surface area (Å²) in [6.45, 7) is 8.98. The maximum atomic E-state index is 12.1. The molecule has 0 saturated carbocycles. The number of nitrogens with one attached hydrogen (secondary N) is 1. The molecule has 2 unspecified atom stereocenters. The van der Waals surface area contributed by atoms with E-state index in [2.05, 4.69) is 5.32 Å². The van der Waals surface area contributed by atoms with E-state index in [4.69, 9.17) is 18.9 Å². The molecule has 1 aliphatic rings. The molecule has 0 aromatic heterocycles. The van der Waals surface area contributed by atoms with E-state index >= 15 is 0 Å². The van der Waals surface area contributed by atoms with Gasteiger partial charge in [-0.25, -0.2) is 0 Å². The fourth-order valence-corrected chi connectivity index (χ4v) is 2.81. The molecule has 7 nitrogen and oxygen atoms in total. The summed E-state index contributed by atoms with van der Waals surface area (Å²) in [5, 5.41) is 13.2. The molecule has 0 bridgehead atoms. The number of esters is 1. The van der Waals surface area contributed by atoms with Gasteiger partial charge in [0.05, 0.1) is 6.61 Å². The van der Waals surface area contributed by atoms with Crippen molar-refractivity contribution in [3.63, 3.8) is 0 Å². The number of aliphatic hydroxyl groups is 1. The van der Waals surface area contributed by atoms with Crippen LogP contribution >= 0.6 is 0 Å². The van der Waals surface area contributed by atoms with E-state index in [0.29, 0.717) is 31.4 Å². The molecule has 1 fully saturated rings. The van der Waals surface area contributed by atoms with E-state index < -0.39 is 11.9 Å². The van der Waals surface area contributed by atoms with Gasteiger partial charge in [-0.3, -0.25) is 4.79 Å². The predicted octanol–water partition coefficient (Wildman–Crippen LogP) is 2.05. The van der Waals surface area contributed by atoms with Crippen LogP contribution in [0.5, 0.6) is 5.75 Å². The minimum atomic E-state index is -0.622. The Labute approximate surface area is 167 Å². The molecule has 2 atom stereocenters. The zero-order valence-electron chi connectivity index (χ0n) is 17.3. The molecule has 1 aliphatic heterocycles. The van der Waals surface area contributed by atoms with Crippen molar-refractivity contribution in [2.24, 2.45) is 0 Å². The van der Waals surface area contributed by atoms with Crippen LogP contribution in [-0.4, -0.2) is 61.5 Å². The molecule has 0 aliphatic carbocycles. The van der Waals surface area contributed by atoms with Crippen LogP contribution in [0, 0.1) is 0 Å². The predicted molar refractivity (Wildman–Crippen MR) is 105 cm³/mol. The van der Waals surface area contributed by atoms with E-state index in [1.165, 1.54) is 0 Å². The number of carbonyl (C=O) groups is 1. The number of hydrogen-bond acceptors (Lipinski definition) is 7. The molecule has 1 heterocycles. The lowest BCUT2D eigenvalue weighted by atomic mass is 10.1. The minimum absolute atomic E-state index is 0.190. The fourth-order valence-electron chi connectivity index (χ4n) is 2.81. The van der Waals surface area contributed by atoms with Gasteiger partial charge in [-0.2, -0.15) is 0 Å². The van der Waals surface area contributed by atoms with Crippen molar-refractivity contribution in [1.29, 1.82) is 0 Å². The summed E-state index contributed by atoms with van der Waals surface area (Å²) < 4.78 is 22.1. The van der Waals surface area contributed by atoms with Gasteiger partial charge < -0.3 is 29.4 Å². The maximum absolute atomic E-state index is 12.1. The van der Waals surface area contributed by atoms with Crippen molar-refractivity contribution in [2.75, 3.05) is 26.4 Å². The zero-order valence-corrected chi connectivity index (χ0v) is 17.3. The van der Waals surface area contributed by atoms with Crippen LogP contribution in [0.4, 0.5) is 0 Å². The van der Waals surface area contributed by atoms with Crippen molar-refractivity contribution in [3.05, 3.63) is 29.8 Å². The monoisotopic (exact) mass is 395 g/mol. The summed E-state index contributed by atoms with van der Waals surface area (Å²) in [4.78, 5) is 12.1. The molecular formula is C21H33NO6. The molecular weight excluding hydrogens is 362 g/mol. The van der Waals surface area contributed by atoms with E-state index in [1.807, 2.05) is 52.0 Å². The third kappa shape index (κ3) is 8.14. The fraction of sp³-hybridized carbons (Fsp3) is 0.667. The van der Waals surface area contributed by atoms with Crippen LogP contribution < -0.4 is 10.1 Å². The summed E-state index contributed by atoms with van der Waals surface area (Å²) >= 11 is 0. The first-order valence-electron chi connectivity index (χ1n) is 9.84. The first kappa shape index (κ1) is 22.6. The summed E-state index contributed by atoms with van der Waals surface area (Å²) in [5.41, 5.74) is 0.907. The summed E-state index contributed by atoms with van der Waals surface area (Å²) in [6.07, 6.45) is -0.0775. The number of ether oxygens (including phenoxy) is 4. The smallest absolute Gasteiger partial charge is 0.306 e. The van der Waals surface area contributed by atoms with Gasteiger partial charge in [-0.15, -0.1) is 0 Å². The highest BCUT2D eigenvalue weighted by atomic mass is 16.7. The summed E-state index contributed by atoms with van der Waals surface area (Å²) in [7, 11) is 0. The van der Waals surface area contributed by atoms with Gasteiger partial charge in [-0.1, -0.05) is 32.0 Å². The van der Waals surface area contributed by atoms with E-state index in [-0.39, 0.29) is 31.7 Å². The molecule has 2 N–H and O–H groups in total. The Kier molecular flexibility index (Phi) is 8.69. The molecule has 158 valence electrons. The van der Waals surface area contributed by atoms with Crippen LogP contribution in [0.25, 0.3) is 0 Å². The maximum Gasteiger partial charge on any atom is 0.306 e. The van der Waals surface area contributed by atoms with E-state index in [9.17, 15) is 9.90 Å². The third-order valence-corrected chi connectivity index (χ3v) is 4.26. The minimum Gasteiger partial charge on any atom is -0.491 e. The third-order valence-electron chi connectivity index (χ3n) is 4.26. The van der Waals surface area contributed by atoms with Gasteiger partial charge in [0.2, 0.25) is 0 Å². The Morgan fingerprint density at radius 2 is 2.11 bits per heavy atom. The topological polar surface area (TPSA) is 86.2 Å². The van der Waals surface area contributed by atoms with E-state index in [0.717, 1.165) is 5.56 Å². The van der Waals surface area contributed by atoms with Gasteiger partial charge in [0, 0.05) is 19.0 Å². The van der Waals surface area contributed by atoms with E-state index in [1.54, 1.807) is 0 Å². The second-order valence-corrected chi connectivity index (χ2v) is 7.77. The Hall–Kier alpha value is -1.67. The van der Waals surface area contributed by atoms with Crippen LogP contribution in [0.15, 0.2) is 24.3 Å². The molecule has 2 rings (SSSR count). The second-order valence-electron chi connectivity index (χ2n) is 7.77. The van der Waals surface area contributed by atoms with Gasteiger partial charge in [-0.05, 0) is 31.9 Å². The van der Waals surface area contributed by atoms with Gasteiger partial charge >= 0.3 is 5.97 Å². The van der Waals surface area contributed by atoms with Crippen LogP contribution in [-0.2, 0) is 25.4 Å². The van der Waals surface area contributed by atoms with Gasteiger partial charge in [0.25, 0.3) is 0 Å². The molecule has 1 aromatic carbocycles. The zero-order chi connectivity index (χ0) is 20.6. The Bertz CT molecular complexity index is 619. The number of rotatable bonds is 11. The molecule has 1 saturated heterocycles. The van der Waals surface area contributed by atoms with Crippen molar-refractivity contribution >= 4 is 5.97 Å². The van der Waals surface area contributed by atoms with Crippen molar-refractivity contribution in [3.8, 4) is 5.75 Å². The molecule has 7 heteroatoms. The number of hydrogen-bond donors (Lipinski definition) is 2. The Morgan fingerprint density at radius 1 is 1.36 bits per heavy atom. The number of benzene rings is 1. The first-order chi connectivity index (χ1) is 13.2. The highest BCUT2D eigenvalue weighted by molar-refractivity contribution is 5.69. The molecule has 0 radical (unpaired) electrons. The van der Waals surface area contributed by atoms with Gasteiger partial charge in [0.15, 0.2) is 5.79 Å². The number of carbonyl (C=O) groups excluding carboxylic acids is 1. The highest BCUT2D eigenvalue weighted by Gasteiger charge is 2.33. The number of para-hydroxylation sites is 1. The molecule has 1 aromatic rings. The normalized spacial score (nSPS) is 19.6. The SMILES string of the molecule is CC(C)NCC(O)COc1ccccc1CCC(=O)OCC1COC(C)(C)O1. The summed E-state index contributed by atoms with van der Waals surface area (Å²) in [6, 6.07) is 7.83. The van der Waals surface area contributed by atoms with Gasteiger partial charge in [0.1, 0.15) is 31.2 Å². The van der Waals surface area contributed by atoms with Crippen LogP contribution in [0.1, 0.15) is 39.7 Å². The largest absolute Gasteiger partial charge is 0.491 e. The Morgan fingerprint density at radius 3 is 2.79 bits per heavy atom. The Balaban J connectivity index is 1.74. The highest BCUT2D eigenvalue weighted by Crippen LogP contribution is 2.23. The molecule has 0 spiro atoms. The lowest BCUT2D eigenvalue weighted by molar-refractivity contribution is -0.158. The first-order valence-corrected chi connectivity index (χ1v) is 9.84. The molecule has 0 amide bonds. The molecule has 28 heavy (non-hydrogen) atoms. The standard InChI is InChI=1S/C21H33NO6/c1-15(2)22-11-17(23)12-25-19-8-6-5-7-16(19)9-10-20(24)26-13-18-14-27-21(3,4)28-18/h5-8,15,17-18,22-23H,9-14H2,1-4H3. The van der Waals surface area contributed by atoms with Crippen LogP contribution in [0.3, 0.4) is 0 Å². The number of aryl methyl sites for hydroxylation is 1. The average molecular weight is 395 g/mol. The summed E-state index contributed by atoms with van der Waals surface area (Å²) in [5.74, 6) is -0.236.